The predicted molar refractivity (Wildman–Crippen MR) is 70.3 cm³/mol. The molecule has 2 rings (SSSR count). The zero-order valence-corrected chi connectivity index (χ0v) is 10.9. The van der Waals surface area contributed by atoms with Crippen LogP contribution in [0, 0.1) is 17.1 Å². The maximum absolute atomic E-state index is 13.2. The lowest BCUT2D eigenvalue weighted by molar-refractivity contribution is 0.190. The average molecular weight is 272 g/mol. The van der Waals surface area contributed by atoms with Gasteiger partial charge in [-0.05, 0) is 36.8 Å². The van der Waals surface area contributed by atoms with E-state index < -0.39 is 11.9 Å². The first-order valence-electron chi connectivity index (χ1n) is 6.05. The van der Waals surface area contributed by atoms with Crippen LogP contribution < -0.4 is 4.74 Å². The van der Waals surface area contributed by atoms with Crippen LogP contribution in [-0.4, -0.2) is 10.1 Å². The lowest BCUT2D eigenvalue weighted by atomic mass is 10.1. The van der Waals surface area contributed by atoms with Crippen molar-refractivity contribution in [3.63, 3.8) is 0 Å². The summed E-state index contributed by atoms with van der Waals surface area (Å²) in [5, 5.41) is 18.4. The fourth-order valence-electron chi connectivity index (χ4n) is 1.76. The van der Waals surface area contributed by atoms with E-state index in [2.05, 4.69) is 4.98 Å². The zero-order valence-electron chi connectivity index (χ0n) is 10.9. The second-order valence-corrected chi connectivity index (χ2v) is 4.31. The van der Waals surface area contributed by atoms with Crippen molar-refractivity contribution in [3.8, 4) is 11.8 Å². The fraction of sp³-hybridized carbons (Fsp3) is 0.200. The average Bonchev–Trinajstić information content (AvgIpc) is 2.45. The molecule has 0 fully saturated rings. The molecule has 1 atom stereocenters. The Morgan fingerprint density at radius 3 is 2.90 bits per heavy atom. The first-order valence-corrected chi connectivity index (χ1v) is 6.05. The minimum atomic E-state index is -0.752. The number of hydrogen-bond acceptors (Lipinski definition) is 4. The summed E-state index contributed by atoms with van der Waals surface area (Å²) in [5.74, 6) is -0.146. The van der Waals surface area contributed by atoms with Crippen LogP contribution in [0.1, 0.15) is 29.8 Å². The summed E-state index contributed by atoms with van der Waals surface area (Å²) in [6, 6.07) is 9.24. The van der Waals surface area contributed by atoms with Gasteiger partial charge in [0.25, 0.3) is 0 Å². The molecular weight excluding hydrogens is 259 g/mol. The van der Waals surface area contributed by atoms with E-state index in [1.165, 1.54) is 24.4 Å². The van der Waals surface area contributed by atoms with Crippen LogP contribution in [0.2, 0.25) is 0 Å². The summed E-state index contributed by atoms with van der Waals surface area (Å²) in [4.78, 5) is 3.86. The Labute approximate surface area is 116 Å². The highest BCUT2D eigenvalue weighted by Gasteiger charge is 2.10. The van der Waals surface area contributed by atoms with Crippen molar-refractivity contribution in [2.24, 2.45) is 0 Å². The van der Waals surface area contributed by atoms with Gasteiger partial charge in [-0.1, -0.05) is 0 Å². The van der Waals surface area contributed by atoms with E-state index in [0.717, 1.165) is 5.56 Å². The number of nitrogens with zero attached hydrogens (tertiary/aromatic N) is 2. The Morgan fingerprint density at radius 2 is 2.20 bits per heavy atom. The number of aromatic nitrogens is 1. The van der Waals surface area contributed by atoms with Gasteiger partial charge in [0, 0.05) is 17.8 Å². The molecule has 0 aliphatic heterocycles. The molecule has 0 spiro atoms. The van der Waals surface area contributed by atoms with Gasteiger partial charge in [-0.2, -0.15) is 5.26 Å². The minimum Gasteiger partial charge on any atom is -0.488 e. The normalized spacial score (nSPS) is 11.7. The monoisotopic (exact) mass is 272 g/mol. The predicted octanol–water partition coefficient (Wildman–Crippen LogP) is 2.72. The van der Waals surface area contributed by atoms with E-state index in [0.29, 0.717) is 11.3 Å². The van der Waals surface area contributed by atoms with E-state index in [1.54, 1.807) is 19.1 Å². The van der Waals surface area contributed by atoms with Gasteiger partial charge in [-0.25, -0.2) is 9.37 Å². The highest BCUT2D eigenvalue weighted by atomic mass is 19.1. The van der Waals surface area contributed by atoms with Gasteiger partial charge in [0.2, 0.25) is 0 Å². The molecule has 1 unspecified atom stereocenters. The molecule has 0 bridgehead atoms. The van der Waals surface area contributed by atoms with Gasteiger partial charge >= 0.3 is 0 Å². The molecule has 2 aromatic rings. The van der Waals surface area contributed by atoms with Gasteiger partial charge in [-0.3, -0.25) is 0 Å². The molecule has 0 aliphatic carbocycles. The fourth-order valence-corrected chi connectivity index (χ4v) is 1.76. The summed E-state index contributed by atoms with van der Waals surface area (Å²) in [5.41, 5.74) is 1.56. The molecule has 1 heterocycles. The van der Waals surface area contributed by atoms with Crippen molar-refractivity contribution in [1.29, 1.82) is 5.26 Å². The number of ether oxygens (including phenoxy) is 1. The van der Waals surface area contributed by atoms with Crippen LogP contribution in [0.4, 0.5) is 4.39 Å². The van der Waals surface area contributed by atoms with Crippen molar-refractivity contribution >= 4 is 0 Å². The van der Waals surface area contributed by atoms with Gasteiger partial charge < -0.3 is 9.84 Å². The molecule has 1 N–H and O–H groups in total. The third-order valence-corrected chi connectivity index (χ3v) is 2.76. The molecule has 0 saturated heterocycles. The number of pyridine rings is 1. The largest absolute Gasteiger partial charge is 0.488 e. The maximum Gasteiger partial charge on any atom is 0.140 e. The maximum atomic E-state index is 13.2. The van der Waals surface area contributed by atoms with Crippen molar-refractivity contribution in [2.45, 2.75) is 19.6 Å². The third-order valence-electron chi connectivity index (χ3n) is 2.76. The molecule has 0 radical (unpaired) electrons. The molecular formula is C15H13FN2O2. The third kappa shape index (κ3) is 3.31. The molecule has 0 aliphatic rings. The second-order valence-electron chi connectivity index (χ2n) is 4.31. The Hall–Kier alpha value is -2.45. The number of rotatable bonds is 4. The van der Waals surface area contributed by atoms with E-state index in [1.807, 2.05) is 6.07 Å². The zero-order chi connectivity index (χ0) is 14.5. The summed E-state index contributed by atoms with van der Waals surface area (Å²) < 4.78 is 18.8. The molecule has 1 aromatic heterocycles. The Kier molecular flexibility index (Phi) is 4.28. The van der Waals surface area contributed by atoms with Crippen LogP contribution in [0.25, 0.3) is 0 Å². The van der Waals surface area contributed by atoms with E-state index in [-0.39, 0.29) is 12.4 Å². The summed E-state index contributed by atoms with van der Waals surface area (Å²) in [7, 11) is 0. The summed E-state index contributed by atoms with van der Waals surface area (Å²) >= 11 is 0. The van der Waals surface area contributed by atoms with E-state index in [4.69, 9.17) is 10.00 Å². The molecule has 0 amide bonds. The van der Waals surface area contributed by atoms with Gasteiger partial charge in [0.1, 0.15) is 29.9 Å². The summed E-state index contributed by atoms with van der Waals surface area (Å²) in [6.07, 6.45) is 0.760. The Balaban J connectivity index is 2.18. The molecule has 0 saturated carbocycles. The van der Waals surface area contributed by atoms with Crippen LogP contribution >= 0.6 is 0 Å². The molecule has 102 valence electrons. The van der Waals surface area contributed by atoms with Crippen molar-refractivity contribution < 1.29 is 14.2 Å². The van der Waals surface area contributed by atoms with Gasteiger partial charge in [0.05, 0.1) is 6.10 Å². The van der Waals surface area contributed by atoms with Crippen LogP contribution in [0.3, 0.4) is 0 Å². The van der Waals surface area contributed by atoms with Crippen LogP contribution in [-0.2, 0) is 6.61 Å². The smallest absolute Gasteiger partial charge is 0.140 e. The van der Waals surface area contributed by atoms with Crippen molar-refractivity contribution in [1.82, 2.24) is 4.98 Å². The second kappa shape index (κ2) is 6.13. The van der Waals surface area contributed by atoms with Gasteiger partial charge in [-0.15, -0.1) is 0 Å². The van der Waals surface area contributed by atoms with Crippen molar-refractivity contribution in [2.75, 3.05) is 0 Å². The number of nitriles is 1. The Bertz CT molecular complexity index is 651. The number of aliphatic hydroxyl groups excluding tert-OH is 1. The molecule has 5 heteroatoms. The highest BCUT2D eigenvalue weighted by molar-refractivity contribution is 5.36. The Morgan fingerprint density at radius 1 is 1.40 bits per heavy atom. The molecule has 20 heavy (non-hydrogen) atoms. The van der Waals surface area contributed by atoms with E-state index in [9.17, 15) is 9.50 Å². The number of halogens is 1. The first kappa shape index (κ1) is 14.0. The molecule has 4 nitrogen and oxygen atoms in total. The van der Waals surface area contributed by atoms with Gasteiger partial charge in [0.15, 0.2) is 0 Å². The standard InChI is InChI=1S/C15H13FN2O2/c1-10(19)14-3-2-12(16)7-15(14)20-9-11-4-5-18-13(6-11)8-17/h2-7,10,19H,9H2,1H3. The number of benzene rings is 1. The summed E-state index contributed by atoms with van der Waals surface area (Å²) in [6.45, 7) is 1.75. The van der Waals surface area contributed by atoms with E-state index >= 15 is 0 Å². The van der Waals surface area contributed by atoms with Crippen LogP contribution in [0.15, 0.2) is 36.5 Å². The minimum absolute atomic E-state index is 0.167. The SMILES string of the molecule is CC(O)c1ccc(F)cc1OCc1ccnc(C#N)c1. The number of hydrogen-bond donors (Lipinski definition) is 1. The molecule has 1 aromatic carbocycles. The van der Waals surface area contributed by atoms with Crippen molar-refractivity contribution in [3.05, 3.63) is 59.2 Å². The topological polar surface area (TPSA) is 66.1 Å². The lowest BCUT2D eigenvalue weighted by Gasteiger charge is -2.13. The van der Waals surface area contributed by atoms with Crippen LogP contribution in [0.5, 0.6) is 5.75 Å². The number of aliphatic hydroxyl groups is 1. The first-order chi connectivity index (χ1) is 9.60. The highest BCUT2D eigenvalue weighted by Crippen LogP contribution is 2.26. The quantitative estimate of drug-likeness (QED) is 0.929. The lowest BCUT2D eigenvalue weighted by Crippen LogP contribution is -2.02.